The van der Waals surface area contributed by atoms with Crippen molar-refractivity contribution >= 4 is 71.4 Å². The fraction of sp³-hybridized carbons (Fsp3) is 0.421. The van der Waals surface area contributed by atoms with Crippen LogP contribution in [0.25, 0.3) is 0 Å². The summed E-state index contributed by atoms with van der Waals surface area (Å²) in [5, 5.41) is 70.1. The molecule has 0 radical (unpaired) electrons. The van der Waals surface area contributed by atoms with Crippen LogP contribution >= 0.6 is 0 Å². The summed E-state index contributed by atoms with van der Waals surface area (Å²) < 4.78 is 39.3. The van der Waals surface area contributed by atoms with Crippen LogP contribution < -0.4 is 28.4 Å². The van der Waals surface area contributed by atoms with Gasteiger partial charge >= 0.3 is 0 Å². The molecule has 0 unspecified atom stereocenters. The number of aromatic hydroxyl groups is 6. The average Bonchev–Trinajstić information content (AvgIpc) is 0.821. The quantitative estimate of drug-likeness (QED) is 0.0154. The lowest BCUT2D eigenvalue weighted by molar-refractivity contribution is 0.258. The summed E-state index contributed by atoms with van der Waals surface area (Å²) in [7, 11) is 0. The van der Waals surface area contributed by atoms with Crippen LogP contribution in [0.15, 0.2) is 176 Å². The summed E-state index contributed by atoms with van der Waals surface area (Å²) in [5.41, 5.74) is 8.07. The van der Waals surface area contributed by atoms with E-state index in [0.717, 1.165) is 154 Å². The van der Waals surface area contributed by atoms with Gasteiger partial charge in [0.05, 0.1) is 73.8 Å². The highest BCUT2D eigenvalue weighted by atomic mass is 16.5. The van der Waals surface area contributed by atoms with Crippen molar-refractivity contribution in [2.24, 2.45) is 30.0 Å². The monoisotopic (exact) mass is 1780 g/mol. The third-order valence-electron chi connectivity index (χ3n) is 22.9. The Kier molecular flexibility index (Phi) is 44.7. The zero-order valence-electron chi connectivity index (χ0n) is 78.8. The number of hydrogen-bond donors (Lipinski definition) is 6. The first-order valence-corrected chi connectivity index (χ1v) is 48.8. The highest BCUT2D eigenvalue weighted by molar-refractivity contribution is 5.94. The van der Waals surface area contributed by atoms with Gasteiger partial charge in [0.15, 0.2) is 34.5 Å². The number of rotatable bonds is 48. The fourth-order valence-corrected chi connectivity index (χ4v) is 15.0. The van der Waals surface area contributed by atoms with Gasteiger partial charge in [0, 0.05) is 140 Å². The summed E-state index contributed by atoms with van der Waals surface area (Å²) in [5.74, 6) is 21.6. The molecule has 18 heteroatoms. The second-order valence-electron chi connectivity index (χ2n) is 34.0. The first kappa shape index (κ1) is 101. The second-order valence-corrected chi connectivity index (χ2v) is 34.0. The molecule has 9 aromatic rings. The Morgan fingerprint density at radius 2 is 0.318 bits per heavy atom. The zero-order chi connectivity index (χ0) is 93.0. The summed E-state index contributed by atoms with van der Waals surface area (Å²) in [6.07, 6.45) is 48.7. The number of benzene rings is 9. The summed E-state index contributed by atoms with van der Waals surface area (Å²) >= 11 is 0. The standard InChI is InChI=1S/C114H138N6O12/c1-7-13-19-25-31-37-61-127-109-73-97-98(74-110(109)128-62-38-32-26-20-14-8-2)116-80-92-56-50-86(68-104(92)122)45-46-88-52-58-94(106(124)70-88)82-118-101-77-113(131-65-41-35-29-23-17-11-5)114(132-66-42-36-30-24-18-12-6)78-102(101)120-84-96-60-54-90(72-108(96)126)48-47-89-53-59-95(107(125)71-89)83-119-100-76-112(130-64-40-34-28-22-16-10-4)111(129-63-39-33-27-21-15-9-3)75-99(100)117-81-93-57-51-87(69-105(93)123)44-43-85-49-55-91(79-115-97)103(121)67-85/h49-60,67-84,121-126H,7-42,61-66H2,1-6H3. The molecule has 10 heterocycles. The van der Waals surface area contributed by atoms with Crippen LogP contribution in [0.3, 0.4) is 0 Å². The van der Waals surface area contributed by atoms with Gasteiger partial charge in [-0.15, -0.1) is 0 Å². The van der Waals surface area contributed by atoms with Crippen molar-refractivity contribution in [3.63, 3.8) is 0 Å². The van der Waals surface area contributed by atoms with Crippen LogP contribution in [-0.2, 0) is 0 Å². The predicted octanol–water partition coefficient (Wildman–Crippen LogP) is 29.4. The molecule has 696 valence electrons. The maximum Gasteiger partial charge on any atom is 0.163 e. The molecule has 0 aliphatic carbocycles. The summed E-state index contributed by atoms with van der Waals surface area (Å²) in [6.45, 7) is 16.1. The molecule has 18 nitrogen and oxygen atoms in total. The first-order chi connectivity index (χ1) is 64.7. The minimum atomic E-state index is -0.0712. The van der Waals surface area contributed by atoms with E-state index in [1.165, 1.54) is 77.0 Å². The Labute approximate surface area is 785 Å². The smallest absolute Gasteiger partial charge is 0.163 e. The second kappa shape index (κ2) is 58.1. The van der Waals surface area contributed by atoms with E-state index in [1.54, 1.807) is 146 Å². The Balaban J connectivity index is 1.04. The summed E-state index contributed by atoms with van der Waals surface area (Å²) in [4.78, 5) is 29.8. The molecule has 10 aliphatic heterocycles. The van der Waals surface area contributed by atoms with E-state index in [1.807, 2.05) is 36.4 Å². The van der Waals surface area contributed by atoms with Crippen molar-refractivity contribution in [2.45, 2.75) is 273 Å². The number of ether oxygens (including phenoxy) is 6. The van der Waals surface area contributed by atoms with Gasteiger partial charge in [-0.3, -0.25) is 30.0 Å². The third kappa shape index (κ3) is 35.2. The number of unbranched alkanes of at least 4 members (excludes halogenated alkanes) is 30. The lowest BCUT2D eigenvalue weighted by Crippen LogP contribution is -2.03. The maximum atomic E-state index is 11.7. The maximum absolute atomic E-state index is 11.7. The minimum absolute atomic E-state index is 0.0712. The molecule has 0 saturated heterocycles. The number of phenols is 6. The van der Waals surface area contributed by atoms with Gasteiger partial charge in [-0.25, -0.2) is 0 Å². The van der Waals surface area contributed by atoms with Crippen LogP contribution in [0.5, 0.6) is 69.0 Å². The molecule has 12 bridgehead atoms. The van der Waals surface area contributed by atoms with E-state index in [9.17, 15) is 30.6 Å². The SMILES string of the molecule is CCCCCCCCOc1cc2c(cc1OCCCCCCCC)N=Cc1ccc(cc1O)C#Cc1ccc(c(O)c1)C=Nc1cc(OCCCCCCCC)c(OCCCCCCCC)cc1N=Cc1ccc(cc1O)C#Cc1ccc(c(O)c1)C=Nc1cc(OCCCCCCCC)c(OCCCCCCCC)cc1N=Cc1ccc(cc1O)C#Cc1ccc(c(O)c1)C=N2. The summed E-state index contributed by atoms with van der Waals surface area (Å²) in [6, 6.07) is 41.4. The largest absolute Gasteiger partial charge is 0.507 e. The van der Waals surface area contributed by atoms with Crippen LogP contribution in [0.1, 0.15) is 339 Å². The molecule has 19 rings (SSSR count). The number of phenolic OH excluding ortho intramolecular Hbond substituents is 6. The van der Waals surface area contributed by atoms with Crippen LogP contribution in [0.2, 0.25) is 0 Å². The van der Waals surface area contributed by atoms with Crippen LogP contribution in [0, 0.1) is 35.5 Å². The van der Waals surface area contributed by atoms with E-state index in [4.69, 9.17) is 58.4 Å². The minimum Gasteiger partial charge on any atom is -0.507 e. The molecule has 9 aromatic carbocycles. The Hall–Kier alpha value is -12.7. The Morgan fingerprint density at radius 3 is 0.455 bits per heavy atom. The molecule has 132 heavy (non-hydrogen) atoms. The lowest BCUT2D eigenvalue weighted by atomic mass is 10.1. The highest BCUT2D eigenvalue weighted by Crippen LogP contribution is 2.45. The fourth-order valence-electron chi connectivity index (χ4n) is 15.0. The number of nitrogens with zero attached hydrogens (tertiary/aromatic N) is 6. The van der Waals surface area contributed by atoms with E-state index in [0.29, 0.717) is 175 Å². The molecule has 0 spiro atoms. The molecule has 0 amide bonds. The van der Waals surface area contributed by atoms with E-state index in [2.05, 4.69) is 77.1 Å². The molecule has 0 aromatic heterocycles. The van der Waals surface area contributed by atoms with Gasteiger partial charge < -0.3 is 59.1 Å². The molecule has 6 N–H and O–H groups in total. The molecule has 0 saturated carbocycles. The van der Waals surface area contributed by atoms with Gasteiger partial charge in [-0.1, -0.05) is 270 Å². The van der Waals surface area contributed by atoms with Crippen molar-refractivity contribution in [1.82, 2.24) is 0 Å². The van der Waals surface area contributed by atoms with Gasteiger partial charge in [0.2, 0.25) is 0 Å². The van der Waals surface area contributed by atoms with Crippen molar-refractivity contribution in [3.8, 4) is 105 Å². The highest BCUT2D eigenvalue weighted by Gasteiger charge is 2.19. The normalized spacial score (nSPS) is 11.8. The van der Waals surface area contributed by atoms with Gasteiger partial charge in [-0.2, -0.15) is 0 Å². The van der Waals surface area contributed by atoms with Crippen molar-refractivity contribution in [1.29, 1.82) is 0 Å². The third-order valence-corrected chi connectivity index (χ3v) is 22.9. The average molecular weight is 1780 g/mol. The zero-order valence-corrected chi connectivity index (χ0v) is 78.8. The van der Waals surface area contributed by atoms with Gasteiger partial charge in [0.1, 0.15) is 34.5 Å². The van der Waals surface area contributed by atoms with Gasteiger partial charge in [-0.05, 0) is 148 Å². The number of hydrogen-bond acceptors (Lipinski definition) is 18. The predicted molar refractivity (Wildman–Crippen MR) is 543 cm³/mol. The Bertz CT molecular complexity index is 4650. The van der Waals surface area contributed by atoms with Crippen LogP contribution in [-0.4, -0.2) is 108 Å². The number of aliphatic imine (C=N–C) groups is 6. The van der Waals surface area contributed by atoms with Crippen LogP contribution in [0.4, 0.5) is 34.1 Å². The van der Waals surface area contributed by atoms with E-state index >= 15 is 0 Å². The van der Waals surface area contributed by atoms with Crippen molar-refractivity contribution in [3.05, 3.63) is 212 Å². The van der Waals surface area contributed by atoms with Crippen molar-refractivity contribution < 1.29 is 59.1 Å². The van der Waals surface area contributed by atoms with Crippen molar-refractivity contribution in [2.75, 3.05) is 39.6 Å². The molecule has 0 fully saturated rings. The topological polar surface area (TPSA) is 251 Å². The van der Waals surface area contributed by atoms with E-state index < -0.39 is 0 Å². The van der Waals surface area contributed by atoms with Gasteiger partial charge in [0.25, 0.3) is 0 Å². The molecular formula is C114H138N6O12. The lowest BCUT2D eigenvalue weighted by Gasteiger charge is -2.15. The Morgan fingerprint density at radius 1 is 0.182 bits per heavy atom. The molecular weight excluding hydrogens is 1650 g/mol. The van der Waals surface area contributed by atoms with E-state index in [-0.39, 0.29) is 34.5 Å². The first-order valence-electron chi connectivity index (χ1n) is 48.8. The molecule has 10 aliphatic rings. The molecule has 0 atom stereocenters.